The molecule has 2 N–H and O–H groups in total. The van der Waals surface area contributed by atoms with Crippen LogP contribution in [0.3, 0.4) is 0 Å². The van der Waals surface area contributed by atoms with E-state index in [1.807, 2.05) is 0 Å². The highest BCUT2D eigenvalue weighted by Crippen LogP contribution is 2.28. The number of hydrogen-bond donors (Lipinski definition) is 2. The summed E-state index contributed by atoms with van der Waals surface area (Å²) < 4.78 is 0. The fourth-order valence-corrected chi connectivity index (χ4v) is 1.38. The zero-order valence-corrected chi connectivity index (χ0v) is 8.16. The molecule has 64 valence electrons. The fraction of sp³-hybridized carbons (Fsp3) is 0.875. The number of hydrogen-bond acceptors (Lipinski definition) is 1. The monoisotopic (exact) mass is 172 g/mol. The van der Waals surface area contributed by atoms with E-state index in [0.717, 1.165) is 11.0 Å². The van der Waals surface area contributed by atoms with Crippen LogP contribution in [0.25, 0.3) is 0 Å². The Kier molecular flexibility index (Phi) is 2.71. The highest BCUT2D eigenvalue weighted by atomic mass is 32.1. The molecule has 2 unspecified atom stereocenters. The smallest absolute Gasteiger partial charge is 0.166 e. The Labute approximate surface area is 73.7 Å². The molecule has 0 aromatic carbocycles. The molecule has 1 rings (SSSR count). The lowest BCUT2D eigenvalue weighted by Gasteiger charge is -2.12. The van der Waals surface area contributed by atoms with E-state index in [2.05, 4.69) is 31.4 Å². The van der Waals surface area contributed by atoms with Gasteiger partial charge in [-0.2, -0.15) is 0 Å². The van der Waals surface area contributed by atoms with Gasteiger partial charge in [-0.15, -0.1) is 0 Å². The summed E-state index contributed by atoms with van der Waals surface area (Å²) in [5.74, 6) is 0.807. The van der Waals surface area contributed by atoms with E-state index in [4.69, 9.17) is 12.2 Å². The summed E-state index contributed by atoms with van der Waals surface area (Å²) in [4.78, 5) is 0. The van der Waals surface area contributed by atoms with Crippen LogP contribution < -0.4 is 10.6 Å². The fourth-order valence-electron chi connectivity index (χ4n) is 0.995. The molecule has 0 aromatic rings. The van der Waals surface area contributed by atoms with Crippen molar-refractivity contribution in [1.82, 2.24) is 10.6 Å². The van der Waals surface area contributed by atoms with Crippen molar-refractivity contribution in [3.8, 4) is 0 Å². The predicted molar refractivity (Wildman–Crippen MR) is 51.6 cm³/mol. The number of rotatable bonds is 2. The van der Waals surface area contributed by atoms with Gasteiger partial charge < -0.3 is 10.6 Å². The lowest BCUT2D eigenvalue weighted by atomic mass is 10.4. The molecule has 1 aliphatic rings. The largest absolute Gasteiger partial charge is 0.361 e. The van der Waals surface area contributed by atoms with Gasteiger partial charge in [-0.1, -0.05) is 6.92 Å². The van der Waals surface area contributed by atoms with Crippen LogP contribution in [-0.2, 0) is 0 Å². The Morgan fingerprint density at radius 1 is 1.55 bits per heavy atom. The van der Waals surface area contributed by atoms with Crippen molar-refractivity contribution >= 4 is 17.3 Å². The predicted octanol–water partition coefficient (Wildman–Crippen LogP) is 1.27. The van der Waals surface area contributed by atoms with Crippen LogP contribution in [0, 0.1) is 5.92 Å². The summed E-state index contributed by atoms with van der Waals surface area (Å²) in [6.07, 6.45) is 1.26. The Balaban J connectivity index is 2.11. The first-order valence-corrected chi connectivity index (χ1v) is 4.57. The molecule has 0 bridgehead atoms. The first-order chi connectivity index (χ1) is 5.09. The minimum atomic E-state index is 0.434. The average Bonchev–Trinajstić information content (AvgIpc) is 2.43. The molecule has 2 nitrogen and oxygen atoms in total. The molecule has 0 heterocycles. The van der Waals surface area contributed by atoms with Gasteiger partial charge in [0.25, 0.3) is 0 Å². The minimum Gasteiger partial charge on any atom is -0.361 e. The summed E-state index contributed by atoms with van der Waals surface area (Å²) in [6, 6.07) is 1.07. The average molecular weight is 172 g/mol. The second-order valence-corrected chi connectivity index (χ2v) is 4.00. The van der Waals surface area contributed by atoms with Gasteiger partial charge in [0.15, 0.2) is 5.11 Å². The Morgan fingerprint density at radius 2 is 2.09 bits per heavy atom. The van der Waals surface area contributed by atoms with Gasteiger partial charge in [-0.3, -0.25) is 0 Å². The highest BCUT2D eigenvalue weighted by molar-refractivity contribution is 7.80. The second kappa shape index (κ2) is 3.39. The topological polar surface area (TPSA) is 24.1 Å². The maximum Gasteiger partial charge on any atom is 0.166 e. The van der Waals surface area contributed by atoms with Crippen LogP contribution in [0.4, 0.5) is 0 Å². The normalized spacial score (nSPS) is 28.4. The molecule has 1 saturated carbocycles. The first-order valence-electron chi connectivity index (χ1n) is 4.16. The van der Waals surface area contributed by atoms with Gasteiger partial charge in [0.05, 0.1) is 0 Å². The molecule has 0 aliphatic heterocycles. The third-order valence-electron chi connectivity index (χ3n) is 1.85. The van der Waals surface area contributed by atoms with Crippen LogP contribution in [0.2, 0.25) is 0 Å². The van der Waals surface area contributed by atoms with E-state index >= 15 is 0 Å². The van der Waals surface area contributed by atoms with Crippen molar-refractivity contribution in [2.45, 2.75) is 39.3 Å². The van der Waals surface area contributed by atoms with Crippen molar-refractivity contribution in [2.75, 3.05) is 0 Å². The summed E-state index contributed by atoms with van der Waals surface area (Å²) >= 11 is 5.08. The minimum absolute atomic E-state index is 0.434. The third kappa shape index (κ3) is 3.06. The summed E-state index contributed by atoms with van der Waals surface area (Å²) in [7, 11) is 0. The Morgan fingerprint density at radius 3 is 2.45 bits per heavy atom. The maximum absolute atomic E-state index is 5.08. The molecule has 1 fully saturated rings. The van der Waals surface area contributed by atoms with E-state index < -0.39 is 0 Å². The van der Waals surface area contributed by atoms with Crippen LogP contribution in [0.5, 0.6) is 0 Å². The number of thiocarbonyl (C=S) groups is 1. The zero-order valence-electron chi connectivity index (χ0n) is 7.35. The van der Waals surface area contributed by atoms with Crippen molar-refractivity contribution < 1.29 is 0 Å². The van der Waals surface area contributed by atoms with Crippen LogP contribution in [-0.4, -0.2) is 17.2 Å². The molecule has 0 radical (unpaired) electrons. The Bertz CT molecular complexity index is 156. The molecular weight excluding hydrogens is 156 g/mol. The quantitative estimate of drug-likeness (QED) is 0.613. The standard InChI is InChI=1S/C8H16N2S/c1-5(2)9-8(11)10-7-4-6(7)3/h5-7H,4H2,1-3H3,(H2,9,10,11). The van der Waals surface area contributed by atoms with Gasteiger partial charge in [-0.05, 0) is 38.4 Å². The molecule has 0 amide bonds. The molecule has 1 aliphatic carbocycles. The van der Waals surface area contributed by atoms with Gasteiger partial charge in [0.2, 0.25) is 0 Å². The van der Waals surface area contributed by atoms with Crippen LogP contribution in [0.15, 0.2) is 0 Å². The SMILES string of the molecule is CC(C)NC(=S)NC1CC1C. The van der Waals surface area contributed by atoms with Gasteiger partial charge >= 0.3 is 0 Å². The van der Waals surface area contributed by atoms with Crippen molar-refractivity contribution in [1.29, 1.82) is 0 Å². The number of nitrogens with one attached hydrogen (secondary N) is 2. The molecule has 11 heavy (non-hydrogen) atoms. The second-order valence-electron chi connectivity index (χ2n) is 3.59. The summed E-state index contributed by atoms with van der Waals surface area (Å²) in [5.41, 5.74) is 0. The third-order valence-corrected chi connectivity index (χ3v) is 2.08. The molecule has 2 atom stereocenters. The van der Waals surface area contributed by atoms with E-state index in [1.54, 1.807) is 0 Å². The molecule has 0 saturated heterocycles. The van der Waals surface area contributed by atoms with Crippen molar-refractivity contribution in [3.05, 3.63) is 0 Å². The first kappa shape index (κ1) is 8.78. The van der Waals surface area contributed by atoms with Gasteiger partial charge in [0, 0.05) is 12.1 Å². The maximum atomic E-state index is 5.08. The van der Waals surface area contributed by atoms with E-state index in [1.165, 1.54) is 6.42 Å². The summed E-state index contributed by atoms with van der Waals surface area (Å²) in [6.45, 7) is 6.41. The molecular formula is C8H16N2S. The van der Waals surface area contributed by atoms with E-state index in [0.29, 0.717) is 12.1 Å². The van der Waals surface area contributed by atoms with E-state index in [9.17, 15) is 0 Å². The molecule has 3 heteroatoms. The van der Waals surface area contributed by atoms with Crippen molar-refractivity contribution in [2.24, 2.45) is 5.92 Å². The van der Waals surface area contributed by atoms with E-state index in [-0.39, 0.29) is 0 Å². The van der Waals surface area contributed by atoms with Gasteiger partial charge in [-0.25, -0.2) is 0 Å². The lowest BCUT2D eigenvalue weighted by Crippen LogP contribution is -2.40. The molecule has 0 aromatic heterocycles. The molecule has 0 spiro atoms. The van der Waals surface area contributed by atoms with Crippen LogP contribution in [0.1, 0.15) is 27.2 Å². The summed E-state index contributed by atoms with van der Waals surface area (Å²) in [5, 5.41) is 7.21. The van der Waals surface area contributed by atoms with Crippen molar-refractivity contribution in [3.63, 3.8) is 0 Å². The lowest BCUT2D eigenvalue weighted by molar-refractivity contribution is 0.702. The van der Waals surface area contributed by atoms with Crippen LogP contribution >= 0.6 is 12.2 Å². The van der Waals surface area contributed by atoms with Gasteiger partial charge in [0.1, 0.15) is 0 Å². The zero-order chi connectivity index (χ0) is 8.43. The highest BCUT2D eigenvalue weighted by Gasteiger charge is 2.32. The Hall–Kier alpha value is -0.310.